The van der Waals surface area contributed by atoms with Crippen LogP contribution in [0.25, 0.3) is 0 Å². The van der Waals surface area contributed by atoms with Gasteiger partial charge in [0.25, 0.3) is 0 Å². The van der Waals surface area contributed by atoms with Crippen molar-refractivity contribution in [3.8, 4) is 5.75 Å². The van der Waals surface area contributed by atoms with E-state index < -0.39 is 5.97 Å². The second kappa shape index (κ2) is 7.04. The fourth-order valence-corrected chi connectivity index (χ4v) is 2.59. The van der Waals surface area contributed by atoms with Crippen molar-refractivity contribution in [2.24, 2.45) is 0 Å². The summed E-state index contributed by atoms with van der Waals surface area (Å²) in [6.07, 6.45) is 0.230. The van der Waals surface area contributed by atoms with Gasteiger partial charge in [0.2, 0.25) is 5.91 Å². The predicted octanol–water partition coefficient (Wildman–Crippen LogP) is 2.02. The van der Waals surface area contributed by atoms with E-state index in [0.29, 0.717) is 5.01 Å². The number of hydrogen-bond donors (Lipinski definition) is 2. The van der Waals surface area contributed by atoms with Crippen molar-refractivity contribution in [3.05, 3.63) is 45.4 Å². The quantitative estimate of drug-likeness (QED) is 0.850. The van der Waals surface area contributed by atoms with Crippen molar-refractivity contribution in [3.63, 3.8) is 0 Å². The molecule has 0 bridgehead atoms. The highest BCUT2D eigenvalue weighted by Gasteiger charge is 2.10. The molecule has 0 aliphatic heterocycles. The predicted molar refractivity (Wildman–Crippen MR) is 82.4 cm³/mol. The number of rotatable bonds is 6. The fraction of sp³-hybridized carbons (Fsp3) is 0.267. The largest absolute Gasteiger partial charge is 0.496 e. The van der Waals surface area contributed by atoms with Gasteiger partial charge in [-0.1, -0.05) is 12.1 Å². The molecule has 0 aliphatic rings. The maximum Gasteiger partial charge on any atom is 0.355 e. The molecule has 22 heavy (non-hydrogen) atoms. The van der Waals surface area contributed by atoms with Crippen LogP contribution in [0.3, 0.4) is 0 Å². The number of nitrogens with zero attached hydrogens (tertiary/aromatic N) is 1. The van der Waals surface area contributed by atoms with Crippen molar-refractivity contribution in [2.45, 2.75) is 19.9 Å². The van der Waals surface area contributed by atoms with E-state index in [4.69, 9.17) is 9.84 Å². The molecule has 1 heterocycles. The summed E-state index contributed by atoms with van der Waals surface area (Å²) in [6.45, 7) is 2.16. The number of carboxylic acid groups (broad SMARTS) is 1. The van der Waals surface area contributed by atoms with E-state index in [-0.39, 0.29) is 24.6 Å². The van der Waals surface area contributed by atoms with E-state index in [1.165, 1.54) is 16.7 Å². The molecule has 2 rings (SSSR count). The van der Waals surface area contributed by atoms with Crippen LogP contribution in [0.5, 0.6) is 5.75 Å². The summed E-state index contributed by atoms with van der Waals surface area (Å²) in [5.41, 5.74) is 1.86. The molecule has 0 atom stereocenters. The summed E-state index contributed by atoms with van der Waals surface area (Å²) in [5.74, 6) is -0.477. The number of aryl methyl sites for hydroxylation is 1. The monoisotopic (exact) mass is 320 g/mol. The van der Waals surface area contributed by atoms with Gasteiger partial charge in [-0.2, -0.15) is 0 Å². The van der Waals surface area contributed by atoms with E-state index in [9.17, 15) is 9.59 Å². The van der Waals surface area contributed by atoms with Crippen LogP contribution in [0.4, 0.5) is 0 Å². The molecular formula is C15H16N2O4S. The number of nitrogens with one attached hydrogen (secondary N) is 1. The lowest BCUT2D eigenvalue weighted by Gasteiger charge is -2.08. The molecular weight excluding hydrogens is 304 g/mol. The molecule has 0 aliphatic carbocycles. The molecule has 7 heteroatoms. The zero-order valence-electron chi connectivity index (χ0n) is 12.3. The Hall–Kier alpha value is -2.41. The van der Waals surface area contributed by atoms with Crippen molar-refractivity contribution in [1.82, 2.24) is 10.3 Å². The highest BCUT2D eigenvalue weighted by molar-refractivity contribution is 7.09. The molecule has 1 amide bonds. The molecule has 6 nitrogen and oxygen atoms in total. The Morgan fingerprint density at radius 3 is 2.82 bits per heavy atom. The summed E-state index contributed by atoms with van der Waals surface area (Å²) in [5, 5.41) is 13.5. The maximum absolute atomic E-state index is 11.9. The molecule has 0 saturated heterocycles. The Kier molecular flexibility index (Phi) is 5.11. The lowest BCUT2D eigenvalue weighted by atomic mass is 10.1. The standard InChI is InChI=1S/C15H16N2O4S/c1-9-3-4-10(5-12(9)21-2)6-13(18)16-7-14-17-11(8-22-14)15(19)20/h3-5,8H,6-7H2,1-2H3,(H,16,18)(H,19,20). The fourth-order valence-electron chi connectivity index (χ4n) is 1.89. The average molecular weight is 320 g/mol. The van der Waals surface area contributed by atoms with Gasteiger partial charge in [0.1, 0.15) is 10.8 Å². The van der Waals surface area contributed by atoms with Crippen LogP contribution >= 0.6 is 11.3 Å². The third-order valence-electron chi connectivity index (χ3n) is 3.04. The number of carboxylic acids is 1. The van der Waals surface area contributed by atoms with E-state index in [2.05, 4.69) is 10.3 Å². The first-order valence-electron chi connectivity index (χ1n) is 6.57. The molecule has 1 aromatic heterocycles. The van der Waals surface area contributed by atoms with Crippen molar-refractivity contribution in [2.75, 3.05) is 7.11 Å². The van der Waals surface area contributed by atoms with Crippen LogP contribution < -0.4 is 10.1 Å². The molecule has 0 unspecified atom stereocenters. The molecule has 0 radical (unpaired) electrons. The molecule has 2 N–H and O–H groups in total. The van der Waals surface area contributed by atoms with Gasteiger partial charge in [0.05, 0.1) is 20.1 Å². The van der Waals surface area contributed by atoms with E-state index in [0.717, 1.165) is 16.9 Å². The van der Waals surface area contributed by atoms with Gasteiger partial charge in [-0.15, -0.1) is 11.3 Å². The Morgan fingerprint density at radius 1 is 1.41 bits per heavy atom. The third kappa shape index (κ3) is 4.05. The van der Waals surface area contributed by atoms with Crippen LogP contribution in [0.1, 0.15) is 26.6 Å². The van der Waals surface area contributed by atoms with Gasteiger partial charge < -0.3 is 15.2 Å². The number of amides is 1. The Balaban J connectivity index is 1.91. The van der Waals surface area contributed by atoms with Gasteiger partial charge in [0, 0.05) is 5.38 Å². The van der Waals surface area contributed by atoms with E-state index in [1.54, 1.807) is 7.11 Å². The van der Waals surface area contributed by atoms with Crippen LogP contribution in [0.15, 0.2) is 23.6 Å². The van der Waals surface area contributed by atoms with Gasteiger partial charge in [-0.05, 0) is 24.1 Å². The maximum atomic E-state index is 11.9. The Bertz CT molecular complexity index is 697. The van der Waals surface area contributed by atoms with Crippen LogP contribution in [0, 0.1) is 6.92 Å². The number of aromatic nitrogens is 1. The number of ether oxygens (including phenoxy) is 1. The molecule has 2 aromatic rings. The molecule has 0 saturated carbocycles. The minimum absolute atomic E-state index is 0.00230. The topological polar surface area (TPSA) is 88.5 Å². The zero-order valence-corrected chi connectivity index (χ0v) is 13.1. The SMILES string of the molecule is COc1cc(CC(=O)NCc2nc(C(=O)O)cs2)ccc1C. The highest BCUT2D eigenvalue weighted by Crippen LogP contribution is 2.19. The molecule has 0 spiro atoms. The molecule has 0 fully saturated rings. The minimum Gasteiger partial charge on any atom is -0.496 e. The third-order valence-corrected chi connectivity index (χ3v) is 3.89. The summed E-state index contributed by atoms with van der Waals surface area (Å²) in [4.78, 5) is 26.6. The van der Waals surface area contributed by atoms with Crippen molar-refractivity contribution >= 4 is 23.2 Å². The number of hydrogen-bond acceptors (Lipinski definition) is 5. The van der Waals surface area contributed by atoms with E-state index >= 15 is 0 Å². The van der Waals surface area contributed by atoms with Gasteiger partial charge >= 0.3 is 5.97 Å². The Labute approximate surface area is 131 Å². The van der Waals surface area contributed by atoms with Crippen molar-refractivity contribution < 1.29 is 19.4 Å². The number of carbonyl (C=O) groups is 2. The summed E-state index contributed by atoms with van der Waals surface area (Å²) in [6, 6.07) is 5.62. The van der Waals surface area contributed by atoms with Gasteiger partial charge in [0.15, 0.2) is 5.69 Å². The van der Waals surface area contributed by atoms with Crippen LogP contribution in [-0.4, -0.2) is 29.1 Å². The van der Waals surface area contributed by atoms with Crippen molar-refractivity contribution in [1.29, 1.82) is 0 Å². The molecule has 116 valence electrons. The van der Waals surface area contributed by atoms with Gasteiger partial charge in [-0.25, -0.2) is 9.78 Å². The smallest absolute Gasteiger partial charge is 0.355 e. The van der Waals surface area contributed by atoms with Gasteiger partial charge in [-0.3, -0.25) is 4.79 Å². The highest BCUT2D eigenvalue weighted by atomic mass is 32.1. The number of thiazole rings is 1. The minimum atomic E-state index is -1.07. The van der Waals surface area contributed by atoms with E-state index in [1.807, 2.05) is 25.1 Å². The first-order chi connectivity index (χ1) is 10.5. The number of benzene rings is 1. The lowest BCUT2D eigenvalue weighted by molar-refractivity contribution is -0.120. The first kappa shape index (κ1) is 16.0. The summed E-state index contributed by atoms with van der Waals surface area (Å²) < 4.78 is 5.23. The second-order valence-corrected chi connectivity index (χ2v) is 5.63. The second-order valence-electron chi connectivity index (χ2n) is 4.69. The molecule has 1 aromatic carbocycles. The summed E-state index contributed by atoms with van der Waals surface area (Å²) in [7, 11) is 1.59. The van der Waals surface area contributed by atoms with Crippen LogP contribution in [-0.2, 0) is 17.8 Å². The van der Waals surface area contributed by atoms with Crippen LogP contribution in [0.2, 0.25) is 0 Å². The average Bonchev–Trinajstić information content (AvgIpc) is 2.96. The normalized spacial score (nSPS) is 10.3. The lowest BCUT2D eigenvalue weighted by Crippen LogP contribution is -2.24. The Morgan fingerprint density at radius 2 is 2.18 bits per heavy atom. The number of methoxy groups -OCH3 is 1. The first-order valence-corrected chi connectivity index (χ1v) is 7.45. The number of carbonyl (C=O) groups excluding carboxylic acids is 1. The summed E-state index contributed by atoms with van der Waals surface area (Å²) >= 11 is 1.21. The zero-order chi connectivity index (χ0) is 16.1. The number of aromatic carboxylic acids is 1.